The number of halogens is 1. The summed E-state index contributed by atoms with van der Waals surface area (Å²) >= 11 is 3.29. The van der Waals surface area contributed by atoms with Crippen LogP contribution in [0.1, 0.15) is 26.3 Å². The van der Waals surface area contributed by atoms with Crippen molar-refractivity contribution in [3.63, 3.8) is 0 Å². The number of carbonyl (C=O) groups excluding carboxylic acids is 1. The number of alkyl carbamates (subject to hydrolysis) is 1. The van der Waals surface area contributed by atoms with Gasteiger partial charge in [0.2, 0.25) is 0 Å². The molecular formula is C13H17BrN2O2. The van der Waals surface area contributed by atoms with Crippen LogP contribution in [0.4, 0.5) is 4.79 Å². The summed E-state index contributed by atoms with van der Waals surface area (Å²) < 4.78 is 5.89. The number of nitrogens with one attached hydrogen (secondary N) is 1. The molecule has 1 amide bonds. The molecule has 0 aromatic carbocycles. The van der Waals surface area contributed by atoms with Crippen LogP contribution < -0.4 is 5.32 Å². The highest BCUT2D eigenvalue weighted by Crippen LogP contribution is 2.09. The van der Waals surface area contributed by atoms with E-state index in [9.17, 15) is 4.79 Å². The summed E-state index contributed by atoms with van der Waals surface area (Å²) in [5.41, 5.74) is 0.548. The van der Waals surface area contributed by atoms with Crippen molar-refractivity contribution >= 4 is 28.1 Å². The third-order valence-electron chi connectivity index (χ3n) is 1.82. The largest absolute Gasteiger partial charge is 0.444 e. The fourth-order valence-corrected chi connectivity index (χ4v) is 1.56. The number of aromatic nitrogens is 1. The monoisotopic (exact) mass is 312 g/mol. The zero-order chi connectivity index (χ0) is 13.6. The lowest BCUT2D eigenvalue weighted by Gasteiger charge is -2.19. The molecule has 1 N–H and O–H groups in total. The molecule has 1 rings (SSSR count). The van der Waals surface area contributed by atoms with Gasteiger partial charge in [0.05, 0.1) is 0 Å². The van der Waals surface area contributed by atoms with Gasteiger partial charge in [-0.05, 0) is 54.4 Å². The van der Waals surface area contributed by atoms with Gasteiger partial charge in [-0.15, -0.1) is 0 Å². The molecule has 0 aliphatic carbocycles. The van der Waals surface area contributed by atoms with Crippen LogP contribution in [0.2, 0.25) is 0 Å². The molecule has 98 valence electrons. The van der Waals surface area contributed by atoms with E-state index in [1.54, 1.807) is 6.20 Å². The molecule has 5 heteroatoms. The van der Waals surface area contributed by atoms with Crippen LogP contribution in [0.3, 0.4) is 0 Å². The second kappa shape index (κ2) is 6.54. The Morgan fingerprint density at radius 1 is 1.56 bits per heavy atom. The molecule has 18 heavy (non-hydrogen) atoms. The van der Waals surface area contributed by atoms with Gasteiger partial charge in [-0.3, -0.25) is 0 Å². The second-order valence-corrected chi connectivity index (χ2v) is 5.51. The van der Waals surface area contributed by atoms with Crippen molar-refractivity contribution in [2.45, 2.75) is 26.4 Å². The second-order valence-electron chi connectivity index (χ2n) is 4.70. The first-order valence-electron chi connectivity index (χ1n) is 5.62. The van der Waals surface area contributed by atoms with E-state index in [1.165, 1.54) is 0 Å². The third kappa shape index (κ3) is 6.39. The lowest BCUT2D eigenvalue weighted by Crippen LogP contribution is -2.32. The predicted octanol–water partition coefficient (Wildman–Crippen LogP) is 3.38. The van der Waals surface area contributed by atoms with E-state index in [4.69, 9.17) is 4.74 Å². The number of pyridine rings is 1. The maximum absolute atomic E-state index is 11.3. The minimum Gasteiger partial charge on any atom is -0.444 e. The Kier molecular flexibility index (Phi) is 5.34. The molecule has 1 heterocycles. The Bertz CT molecular complexity index is 439. The van der Waals surface area contributed by atoms with Gasteiger partial charge in [0, 0.05) is 12.7 Å². The van der Waals surface area contributed by atoms with Gasteiger partial charge in [0.15, 0.2) is 0 Å². The standard InChI is InChI=1S/C13H17BrN2O2/c1-13(2,3)18-12(17)16-7-4-5-10-6-8-15-11(14)9-10/h4-6,8-9H,7H2,1-3H3,(H,16,17). The van der Waals surface area contributed by atoms with E-state index in [0.29, 0.717) is 6.54 Å². The molecule has 0 saturated heterocycles. The predicted molar refractivity (Wildman–Crippen MR) is 75.2 cm³/mol. The van der Waals surface area contributed by atoms with E-state index in [2.05, 4.69) is 26.2 Å². The number of rotatable bonds is 3. The van der Waals surface area contributed by atoms with E-state index in [-0.39, 0.29) is 0 Å². The number of hydrogen-bond acceptors (Lipinski definition) is 3. The van der Waals surface area contributed by atoms with Gasteiger partial charge < -0.3 is 10.1 Å². The average molecular weight is 313 g/mol. The van der Waals surface area contributed by atoms with Crippen LogP contribution in [0.5, 0.6) is 0 Å². The summed E-state index contributed by atoms with van der Waals surface area (Å²) in [5, 5.41) is 2.65. The number of ether oxygens (including phenoxy) is 1. The van der Waals surface area contributed by atoms with Crippen molar-refractivity contribution in [2.24, 2.45) is 0 Å². The smallest absolute Gasteiger partial charge is 0.407 e. The SMILES string of the molecule is CC(C)(C)OC(=O)NCC=Cc1ccnc(Br)c1. The fourth-order valence-electron chi connectivity index (χ4n) is 1.17. The Labute approximate surface area is 116 Å². The van der Waals surface area contributed by atoms with Gasteiger partial charge in [-0.25, -0.2) is 9.78 Å². The van der Waals surface area contributed by atoms with Gasteiger partial charge >= 0.3 is 6.09 Å². The molecule has 0 bridgehead atoms. The number of amides is 1. The first-order valence-corrected chi connectivity index (χ1v) is 6.41. The fraction of sp³-hybridized carbons (Fsp3) is 0.385. The highest BCUT2D eigenvalue weighted by molar-refractivity contribution is 9.10. The summed E-state index contributed by atoms with van der Waals surface area (Å²) in [6.07, 6.45) is 5.06. The number of carbonyl (C=O) groups is 1. The van der Waals surface area contributed by atoms with Crippen LogP contribution in [0, 0.1) is 0 Å². The summed E-state index contributed by atoms with van der Waals surface area (Å²) in [5.74, 6) is 0. The lowest BCUT2D eigenvalue weighted by molar-refractivity contribution is 0.0534. The van der Waals surface area contributed by atoms with Crippen molar-refractivity contribution in [3.8, 4) is 0 Å². The molecule has 0 spiro atoms. The van der Waals surface area contributed by atoms with Gasteiger partial charge in [-0.1, -0.05) is 12.2 Å². The molecule has 0 atom stereocenters. The normalized spacial score (nSPS) is 11.6. The Morgan fingerprint density at radius 3 is 2.89 bits per heavy atom. The van der Waals surface area contributed by atoms with Crippen LogP contribution in [0.25, 0.3) is 6.08 Å². The molecule has 1 aromatic heterocycles. The lowest BCUT2D eigenvalue weighted by atomic mass is 10.2. The molecule has 0 unspecified atom stereocenters. The minimum absolute atomic E-state index is 0.414. The van der Waals surface area contributed by atoms with E-state index in [1.807, 2.05) is 45.1 Å². The third-order valence-corrected chi connectivity index (χ3v) is 2.26. The zero-order valence-electron chi connectivity index (χ0n) is 10.7. The Morgan fingerprint density at radius 2 is 2.28 bits per heavy atom. The Balaban J connectivity index is 2.36. The molecular weight excluding hydrogens is 296 g/mol. The first-order chi connectivity index (χ1) is 8.37. The van der Waals surface area contributed by atoms with Crippen LogP contribution >= 0.6 is 15.9 Å². The first kappa shape index (κ1) is 14.7. The van der Waals surface area contributed by atoms with Crippen LogP contribution in [-0.4, -0.2) is 23.2 Å². The van der Waals surface area contributed by atoms with Crippen molar-refractivity contribution < 1.29 is 9.53 Å². The Hall–Kier alpha value is -1.36. The molecule has 0 aliphatic rings. The number of hydrogen-bond donors (Lipinski definition) is 1. The molecule has 0 radical (unpaired) electrons. The summed E-state index contributed by atoms with van der Waals surface area (Å²) in [6, 6.07) is 3.78. The van der Waals surface area contributed by atoms with E-state index >= 15 is 0 Å². The quantitative estimate of drug-likeness (QED) is 0.870. The molecule has 0 fully saturated rings. The van der Waals surface area contributed by atoms with Crippen LogP contribution in [-0.2, 0) is 4.74 Å². The maximum atomic E-state index is 11.3. The zero-order valence-corrected chi connectivity index (χ0v) is 12.3. The highest BCUT2D eigenvalue weighted by atomic mass is 79.9. The minimum atomic E-state index is -0.468. The van der Waals surface area contributed by atoms with Crippen molar-refractivity contribution in [2.75, 3.05) is 6.54 Å². The van der Waals surface area contributed by atoms with E-state index in [0.717, 1.165) is 10.2 Å². The van der Waals surface area contributed by atoms with Crippen molar-refractivity contribution in [3.05, 3.63) is 34.6 Å². The number of nitrogens with zero attached hydrogens (tertiary/aromatic N) is 1. The van der Waals surface area contributed by atoms with Crippen LogP contribution in [0.15, 0.2) is 29.0 Å². The highest BCUT2D eigenvalue weighted by Gasteiger charge is 2.14. The topological polar surface area (TPSA) is 51.2 Å². The van der Waals surface area contributed by atoms with E-state index < -0.39 is 11.7 Å². The summed E-state index contributed by atoms with van der Waals surface area (Å²) in [4.78, 5) is 15.4. The van der Waals surface area contributed by atoms with Gasteiger partial charge in [0.1, 0.15) is 10.2 Å². The van der Waals surface area contributed by atoms with Gasteiger partial charge in [-0.2, -0.15) is 0 Å². The summed E-state index contributed by atoms with van der Waals surface area (Å²) in [6.45, 7) is 5.92. The molecule has 0 saturated carbocycles. The van der Waals surface area contributed by atoms with Crippen molar-refractivity contribution in [1.29, 1.82) is 0 Å². The van der Waals surface area contributed by atoms with Gasteiger partial charge in [0.25, 0.3) is 0 Å². The maximum Gasteiger partial charge on any atom is 0.407 e. The molecule has 1 aromatic rings. The van der Waals surface area contributed by atoms with Crippen molar-refractivity contribution in [1.82, 2.24) is 10.3 Å². The molecule has 0 aliphatic heterocycles. The summed E-state index contributed by atoms with van der Waals surface area (Å²) in [7, 11) is 0. The average Bonchev–Trinajstić information content (AvgIpc) is 2.22. The molecule has 4 nitrogen and oxygen atoms in total.